The van der Waals surface area contributed by atoms with Crippen LogP contribution >= 0.6 is 0 Å². The zero-order chi connectivity index (χ0) is 20.5. The summed E-state index contributed by atoms with van der Waals surface area (Å²) < 4.78 is 34.6. The summed E-state index contributed by atoms with van der Waals surface area (Å²) in [6, 6.07) is 14.8. The predicted octanol–water partition coefficient (Wildman–Crippen LogP) is 5.58. The van der Waals surface area contributed by atoms with Gasteiger partial charge in [0.2, 0.25) is 0 Å². The molecule has 30 heavy (non-hydrogen) atoms. The van der Waals surface area contributed by atoms with Crippen molar-refractivity contribution in [2.75, 3.05) is 12.1 Å². The van der Waals surface area contributed by atoms with Gasteiger partial charge in [0, 0.05) is 36.8 Å². The summed E-state index contributed by atoms with van der Waals surface area (Å²) in [6.45, 7) is 0.449. The fourth-order valence-electron chi connectivity index (χ4n) is 4.73. The zero-order valence-electron chi connectivity index (χ0n) is 16.3. The Morgan fingerprint density at radius 3 is 2.53 bits per heavy atom. The molecular formula is C24H24F2N2O2. The maximum atomic E-state index is 14.6. The Morgan fingerprint density at radius 2 is 1.73 bits per heavy atom. The average Bonchev–Trinajstić information content (AvgIpc) is 3.37. The Kier molecular flexibility index (Phi) is 5.19. The zero-order valence-corrected chi connectivity index (χ0v) is 16.3. The maximum absolute atomic E-state index is 14.6. The van der Waals surface area contributed by atoms with E-state index in [1.54, 1.807) is 42.7 Å². The van der Waals surface area contributed by atoms with E-state index >= 15 is 0 Å². The minimum Gasteiger partial charge on any atom is -0.374 e. The molecule has 0 saturated carbocycles. The molecule has 4 nitrogen and oxygen atoms in total. The van der Waals surface area contributed by atoms with Crippen LogP contribution in [0.25, 0.3) is 11.1 Å². The molecule has 2 fully saturated rings. The van der Waals surface area contributed by atoms with Crippen LogP contribution in [0.3, 0.4) is 0 Å². The Hall–Kier alpha value is -2.83. The number of hydrogen-bond donors (Lipinski definition) is 1. The minimum atomic E-state index is -0.508. The van der Waals surface area contributed by atoms with Crippen LogP contribution in [-0.2, 0) is 9.57 Å². The fourth-order valence-corrected chi connectivity index (χ4v) is 4.73. The second-order valence-corrected chi connectivity index (χ2v) is 7.85. The first-order valence-corrected chi connectivity index (χ1v) is 10.2. The number of ether oxygens (including phenoxy) is 1. The molecule has 2 aliphatic rings. The second-order valence-electron chi connectivity index (χ2n) is 7.85. The van der Waals surface area contributed by atoms with Crippen molar-refractivity contribution in [3.8, 4) is 11.1 Å². The highest BCUT2D eigenvalue weighted by Gasteiger charge is 2.49. The number of anilines is 1. The topological polar surface area (TPSA) is 43.4 Å². The van der Waals surface area contributed by atoms with E-state index in [1.165, 1.54) is 17.7 Å². The highest BCUT2D eigenvalue weighted by molar-refractivity contribution is 5.67. The molecule has 3 aromatic rings. The molecule has 0 spiro atoms. The molecule has 4 atom stereocenters. The summed E-state index contributed by atoms with van der Waals surface area (Å²) in [6.07, 6.45) is 6.09. The Morgan fingerprint density at radius 1 is 0.967 bits per heavy atom. The third-order valence-corrected chi connectivity index (χ3v) is 6.11. The number of aromatic nitrogens is 1. The van der Waals surface area contributed by atoms with Crippen LogP contribution in [-0.4, -0.2) is 23.8 Å². The molecule has 0 unspecified atom stereocenters. The van der Waals surface area contributed by atoms with Gasteiger partial charge in [-0.3, -0.25) is 15.3 Å². The fraction of sp³-hybridized carbons (Fsp3) is 0.292. The van der Waals surface area contributed by atoms with Gasteiger partial charge in [0.25, 0.3) is 0 Å². The van der Waals surface area contributed by atoms with E-state index < -0.39 is 11.6 Å². The largest absolute Gasteiger partial charge is 0.374 e. The number of benzene rings is 2. The maximum Gasteiger partial charge on any atom is 0.133 e. The molecule has 0 radical (unpaired) electrons. The van der Waals surface area contributed by atoms with Crippen molar-refractivity contribution in [2.24, 2.45) is 5.92 Å². The summed E-state index contributed by atoms with van der Waals surface area (Å²) in [5.74, 6) is -0.465. The number of pyridine rings is 1. The van der Waals surface area contributed by atoms with E-state index in [0.29, 0.717) is 12.3 Å². The lowest BCUT2D eigenvalue weighted by atomic mass is 9.76. The van der Waals surface area contributed by atoms with E-state index in [1.807, 2.05) is 12.1 Å². The monoisotopic (exact) mass is 410 g/mol. The van der Waals surface area contributed by atoms with E-state index in [4.69, 9.17) is 9.57 Å². The first kappa shape index (κ1) is 19.2. The van der Waals surface area contributed by atoms with Crippen LogP contribution in [0.1, 0.15) is 25.7 Å². The van der Waals surface area contributed by atoms with Crippen molar-refractivity contribution in [2.45, 2.75) is 31.0 Å². The van der Waals surface area contributed by atoms with Crippen LogP contribution in [0.4, 0.5) is 14.5 Å². The van der Waals surface area contributed by atoms with E-state index in [-0.39, 0.29) is 36.6 Å². The number of nitrogens with zero attached hydrogens (tertiary/aromatic N) is 1. The lowest BCUT2D eigenvalue weighted by Gasteiger charge is -2.28. The summed E-state index contributed by atoms with van der Waals surface area (Å²) in [5, 5.41) is 0. The molecule has 0 aliphatic carbocycles. The molecule has 5 rings (SSSR count). The van der Waals surface area contributed by atoms with Crippen LogP contribution in [0, 0.1) is 17.6 Å². The van der Waals surface area contributed by atoms with Gasteiger partial charge in [-0.1, -0.05) is 18.2 Å². The van der Waals surface area contributed by atoms with Gasteiger partial charge >= 0.3 is 0 Å². The highest BCUT2D eigenvalue weighted by atomic mass is 19.1. The SMILES string of the molecule is Fc1ccccc1-c1ccc(NOC[C@@H]2[C@@H](c3ccncc3)[C@@H]3CC[C@H]2O3)cc1F.[HH]. The molecule has 2 bridgehead atoms. The van der Waals surface area contributed by atoms with Crippen LogP contribution in [0.2, 0.25) is 0 Å². The highest BCUT2D eigenvalue weighted by Crippen LogP contribution is 2.48. The Bertz CT molecular complexity index is 1040. The summed E-state index contributed by atoms with van der Waals surface area (Å²) in [5.41, 5.74) is 4.99. The normalized spacial score (nSPS) is 24.9. The van der Waals surface area contributed by atoms with Gasteiger partial charge < -0.3 is 4.74 Å². The molecule has 0 amide bonds. The summed E-state index contributed by atoms with van der Waals surface area (Å²) in [7, 11) is 0. The molecule has 156 valence electrons. The standard InChI is InChI=1S/C24H22F2N2O2.H2/c25-20-4-2-1-3-17(20)18-6-5-16(13-21(18)26)28-29-14-19-22-7-8-23(30-22)24(19)15-9-11-27-12-10-15;/h1-6,9-13,19,22-24,28H,7-8,14H2;1H/t19-,22+,23-,24+;/m0./s1. The predicted molar refractivity (Wildman–Crippen MR) is 112 cm³/mol. The van der Waals surface area contributed by atoms with E-state index in [0.717, 1.165) is 12.8 Å². The quantitative estimate of drug-likeness (QED) is 0.539. The van der Waals surface area contributed by atoms with Gasteiger partial charge in [-0.25, -0.2) is 8.78 Å². The third-order valence-electron chi connectivity index (χ3n) is 6.11. The molecule has 2 saturated heterocycles. The van der Waals surface area contributed by atoms with Crippen molar-refractivity contribution in [3.63, 3.8) is 0 Å². The van der Waals surface area contributed by atoms with Gasteiger partial charge in [0.1, 0.15) is 11.6 Å². The number of rotatable bonds is 6. The van der Waals surface area contributed by atoms with E-state index in [9.17, 15) is 8.78 Å². The molecule has 1 aromatic heterocycles. The summed E-state index contributed by atoms with van der Waals surface area (Å²) in [4.78, 5) is 9.85. The van der Waals surface area contributed by atoms with Crippen LogP contribution in [0.5, 0.6) is 0 Å². The smallest absolute Gasteiger partial charge is 0.133 e. The van der Waals surface area contributed by atoms with Crippen molar-refractivity contribution >= 4 is 5.69 Å². The third kappa shape index (κ3) is 3.57. The molecule has 1 N–H and O–H groups in total. The number of nitrogens with one attached hydrogen (secondary N) is 1. The molecule has 6 heteroatoms. The molecule has 2 aromatic carbocycles. The second kappa shape index (κ2) is 8.13. The van der Waals surface area contributed by atoms with Crippen molar-refractivity contribution in [1.82, 2.24) is 4.98 Å². The van der Waals surface area contributed by atoms with Gasteiger partial charge in [0.05, 0.1) is 24.5 Å². The lowest BCUT2D eigenvalue weighted by Crippen LogP contribution is -2.30. The molecule has 3 heterocycles. The Labute approximate surface area is 175 Å². The number of fused-ring (bicyclic) bond motifs is 2. The first-order valence-electron chi connectivity index (χ1n) is 10.2. The number of hydrogen-bond acceptors (Lipinski definition) is 4. The first-order chi connectivity index (χ1) is 14.7. The van der Waals surface area contributed by atoms with Gasteiger partial charge in [-0.15, -0.1) is 0 Å². The van der Waals surface area contributed by atoms with Crippen molar-refractivity contribution in [1.29, 1.82) is 0 Å². The number of halogens is 2. The van der Waals surface area contributed by atoms with Crippen molar-refractivity contribution < 1.29 is 19.8 Å². The van der Waals surface area contributed by atoms with Crippen LogP contribution in [0.15, 0.2) is 67.0 Å². The molecular weight excluding hydrogens is 386 g/mol. The minimum absolute atomic E-state index is 0. The Balaban J connectivity index is 0.00000231. The average molecular weight is 410 g/mol. The van der Waals surface area contributed by atoms with E-state index in [2.05, 4.69) is 10.5 Å². The van der Waals surface area contributed by atoms with Gasteiger partial charge in [0.15, 0.2) is 0 Å². The van der Waals surface area contributed by atoms with Gasteiger partial charge in [-0.05, 0) is 54.8 Å². The van der Waals surface area contributed by atoms with Gasteiger partial charge in [-0.2, -0.15) is 0 Å². The van der Waals surface area contributed by atoms with Crippen LogP contribution < -0.4 is 5.48 Å². The van der Waals surface area contributed by atoms with Crippen molar-refractivity contribution in [3.05, 3.63) is 84.2 Å². The summed E-state index contributed by atoms with van der Waals surface area (Å²) >= 11 is 0. The molecule has 2 aliphatic heterocycles. The lowest BCUT2D eigenvalue weighted by molar-refractivity contribution is 0.0677.